The zero-order valence-corrected chi connectivity index (χ0v) is 21.0. The summed E-state index contributed by atoms with van der Waals surface area (Å²) in [4.78, 5) is 12.1. The van der Waals surface area contributed by atoms with Crippen LogP contribution >= 0.6 is 0 Å². The summed E-state index contributed by atoms with van der Waals surface area (Å²) in [5.74, 6) is -0.661. The second-order valence-electron chi connectivity index (χ2n) is 9.02. The highest BCUT2D eigenvalue weighted by atomic mass is 19.4. The van der Waals surface area contributed by atoms with Crippen molar-refractivity contribution < 1.29 is 30.7 Å². The van der Waals surface area contributed by atoms with Crippen LogP contribution in [0.5, 0.6) is 0 Å². The van der Waals surface area contributed by atoms with Gasteiger partial charge in [0.1, 0.15) is 5.82 Å². The molecule has 41 heavy (non-hydrogen) atoms. The average molecular weight is 572 g/mol. The van der Waals surface area contributed by atoms with Crippen LogP contribution in [0.2, 0.25) is 0 Å². The van der Waals surface area contributed by atoms with E-state index in [0.29, 0.717) is 6.33 Å². The van der Waals surface area contributed by atoms with Crippen molar-refractivity contribution in [2.45, 2.75) is 24.9 Å². The standard InChI is InChI=1S/C29H20F7N5/c30-22-12-10-21(11-13-22)24-25(41(17-39-24)26(28(31,32)33)29(34,35)36)23-14-15-37-27(40-23)38-16-18-6-8-20(9-7-18)19-4-2-1-3-5-19/h1-15,17,26H,16H2,(H,37,38,40). The maximum Gasteiger partial charge on any atom is 0.418 e. The summed E-state index contributed by atoms with van der Waals surface area (Å²) in [6, 6.07) is 19.1. The van der Waals surface area contributed by atoms with E-state index in [1.54, 1.807) is 0 Å². The molecular formula is C29H20F7N5. The van der Waals surface area contributed by atoms with Crippen LogP contribution in [-0.2, 0) is 6.54 Å². The summed E-state index contributed by atoms with van der Waals surface area (Å²) in [7, 11) is 0. The fraction of sp³-hybridized carbons (Fsp3) is 0.138. The van der Waals surface area contributed by atoms with Gasteiger partial charge in [-0.05, 0) is 47.0 Å². The molecule has 0 radical (unpaired) electrons. The molecule has 0 amide bonds. The highest BCUT2D eigenvalue weighted by Gasteiger charge is 2.58. The predicted molar refractivity (Wildman–Crippen MR) is 139 cm³/mol. The molecule has 0 unspecified atom stereocenters. The van der Waals surface area contributed by atoms with E-state index < -0.39 is 29.9 Å². The van der Waals surface area contributed by atoms with Gasteiger partial charge in [0.2, 0.25) is 12.0 Å². The first-order chi connectivity index (χ1) is 19.5. The molecule has 2 aromatic heterocycles. The Kier molecular flexibility index (Phi) is 7.48. The molecule has 0 aliphatic rings. The van der Waals surface area contributed by atoms with Crippen molar-refractivity contribution in [1.29, 1.82) is 0 Å². The van der Waals surface area contributed by atoms with Gasteiger partial charge in [-0.1, -0.05) is 54.6 Å². The molecule has 5 rings (SSSR count). The molecule has 0 saturated heterocycles. The lowest BCUT2D eigenvalue weighted by atomic mass is 10.0. The van der Waals surface area contributed by atoms with Crippen molar-refractivity contribution in [2.24, 2.45) is 0 Å². The van der Waals surface area contributed by atoms with E-state index in [1.807, 2.05) is 54.6 Å². The van der Waals surface area contributed by atoms with Crippen LogP contribution in [0.1, 0.15) is 11.6 Å². The number of nitrogens with one attached hydrogen (secondary N) is 1. The van der Waals surface area contributed by atoms with Crippen molar-refractivity contribution in [3.8, 4) is 33.8 Å². The molecule has 1 N–H and O–H groups in total. The van der Waals surface area contributed by atoms with Crippen LogP contribution in [0.25, 0.3) is 33.8 Å². The quantitative estimate of drug-likeness (QED) is 0.201. The molecule has 5 nitrogen and oxygen atoms in total. The van der Waals surface area contributed by atoms with Crippen molar-refractivity contribution >= 4 is 5.95 Å². The summed E-state index contributed by atoms with van der Waals surface area (Å²) in [5.41, 5.74) is 1.96. The number of hydrogen-bond donors (Lipinski definition) is 1. The predicted octanol–water partition coefficient (Wildman–Crippen LogP) is 8.09. The number of halogens is 7. The second kappa shape index (κ2) is 11.0. The van der Waals surface area contributed by atoms with Crippen molar-refractivity contribution in [2.75, 3.05) is 5.32 Å². The van der Waals surface area contributed by atoms with Gasteiger partial charge in [-0.15, -0.1) is 0 Å². The summed E-state index contributed by atoms with van der Waals surface area (Å²) in [5, 5.41) is 2.95. The Labute approximate surface area is 229 Å². The highest BCUT2D eigenvalue weighted by Crippen LogP contribution is 2.46. The number of rotatable bonds is 7. The van der Waals surface area contributed by atoms with E-state index in [1.165, 1.54) is 24.4 Å². The fourth-order valence-corrected chi connectivity index (χ4v) is 4.33. The summed E-state index contributed by atoms with van der Waals surface area (Å²) < 4.78 is 95.8. The number of hydrogen-bond acceptors (Lipinski definition) is 4. The van der Waals surface area contributed by atoms with Crippen LogP contribution in [0.15, 0.2) is 97.5 Å². The first-order valence-corrected chi connectivity index (χ1v) is 12.2. The second-order valence-corrected chi connectivity index (χ2v) is 9.02. The largest absolute Gasteiger partial charge is 0.418 e. The topological polar surface area (TPSA) is 55.6 Å². The van der Waals surface area contributed by atoms with Gasteiger partial charge in [0, 0.05) is 18.3 Å². The van der Waals surface area contributed by atoms with E-state index in [0.717, 1.165) is 28.8 Å². The lowest BCUT2D eigenvalue weighted by Crippen LogP contribution is -2.38. The molecule has 12 heteroatoms. The van der Waals surface area contributed by atoms with E-state index in [4.69, 9.17) is 0 Å². The third kappa shape index (κ3) is 6.21. The number of nitrogens with zero attached hydrogens (tertiary/aromatic N) is 4. The van der Waals surface area contributed by atoms with Crippen LogP contribution in [-0.4, -0.2) is 31.9 Å². The summed E-state index contributed by atoms with van der Waals surface area (Å²) in [6.07, 6.45) is -9.70. The number of anilines is 1. The minimum atomic E-state index is -5.69. The van der Waals surface area contributed by atoms with E-state index in [-0.39, 0.29) is 34.0 Å². The monoisotopic (exact) mass is 571 g/mol. The molecule has 0 atom stereocenters. The van der Waals surface area contributed by atoms with Crippen LogP contribution < -0.4 is 5.32 Å². The lowest BCUT2D eigenvalue weighted by Gasteiger charge is -2.25. The Morgan fingerprint density at radius 3 is 1.95 bits per heavy atom. The smallest absolute Gasteiger partial charge is 0.350 e. The number of aromatic nitrogens is 4. The van der Waals surface area contributed by atoms with Crippen molar-refractivity contribution in [3.05, 3.63) is 109 Å². The van der Waals surface area contributed by atoms with Crippen molar-refractivity contribution in [1.82, 2.24) is 19.5 Å². The zero-order chi connectivity index (χ0) is 29.2. The normalized spacial score (nSPS) is 12.1. The first-order valence-electron chi connectivity index (χ1n) is 12.2. The summed E-state index contributed by atoms with van der Waals surface area (Å²) >= 11 is 0. The number of benzene rings is 3. The number of alkyl halides is 6. The highest BCUT2D eigenvalue weighted by molar-refractivity contribution is 5.77. The molecule has 0 spiro atoms. The van der Waals surface area contributed by atoms with Crippen LogP contribution in [0.4, 0.5) is 36.7 Å². The fourth-order valence-electron chi connectivity index (χ4n) is 4.33. The Morgan fingerprint density at radius 1 is 0.707 bits per heavy atom. The van der Waals surface area contributed by atoms with Gasteiger partial charge in [-0.3, -0.25) is 0 Å². The zero-order valence-electron chi connectivity index (χ0n) is 21.0. The molecule has 210 valence electrons. The third-order valence-electron chi connectivity index (χ3n) is 6.22. The Balaban J connectivity index is 1.49. The average Bonchev–Trinajstić information content (AvgIpc) is 3.35. The maximum atomic E-state index is 13.7. The lowest BCUT2D eigenvalue weighted by molar-refractivity contribution is -0.273. The van der Waals surface area contributed by atoms with E-state index >= 15 is 0 Å². The van der Waals surface area contributed by atoms with Gasteiger partial charge in [0.15, 0.2) is 0 Å². The van der Waals surface area contributed by atoms with E-state index in [9.17, 15) is 30.7 Å². The van der Waals surface area contributed by atoms with Gasteiger partial charge in [-0.2, -0.15) is 26.3 Å². The Bertz CT molecular complexity index is 1600. The minimum absolute atomic E-state index is 0.00684. The Morgan fingerprint density at radius 2 is 1.32 bits per heavy atom. The molecule has 5 aromatic rings. The van der Waals surface area contributed by atoms with Gasteiger partial charge in [0.05, 0.1) is 23.4 Å². The molecule has 0 fully saturated rings. The third-order valence-corrected chi connectivity index (χ3v) is 6.22. The molecule has 0 aliphatic heterocycles. The maximum absolute atomic E-state index is 13.7. The van der Waals surface area contributed by atoms with E-state index in [2.05, 4.69) is 20.3 Å². The first kappa shape index (κ1) is 27.8. The van der Waals surface area contributed by atoms with Crippen LogP contribution in [0.3, 0.4) is 0 Å². The number of imidazole rings is 1. The van der Waals surface area contributed by atoms with Gasteiger partial charge >= 0.3 is 12.4 Å². The molecular weight excluding hydrogens is 551 g/mol. The molecule has 0 aliphatic carbocycles. The van der Waals surface area contributed by atoms with Gasteiger partial charge in [0.25, 0.3) is 0 Å². The van der Waals surface area contributed by atoms with Crippen LogP contribution in [0, 0.1) is 5.82 Å². The molecule has 0 saturated carbocycles. The minimum Gasteiger partial charge on any atom is -0.350 e. The molecule has 2 heterocycles. The summed E-state index contributed by atoms with van der Waals surface area (Å²) in [6.45, 7) is 0.232. The SMILES string of the molecule is Fc1ccc(-c2ncn(C(C(F)(F)F)C(F)(F)F)c2-c2ccnc(NCc3ccc(-c4ccccc4)cc3)n2)cc1. The Hall–Kier alpha value is -4.74. The molecule has 3 aromatic carbocycles. The van der Waals surface area contributed by atoms with Gasteiger partial charge in [-0.25, -0.2) is 19.3 Å². The van der Waals surface area contributed by atoms with Gasteiger partial charge < -0.3 is 9.88 Å². The van der Waals surface area contributed by atoms with Crippen molar-refractivity contribution in [3.63, 3.8) is 0 Å². The molecule has 0 bridgehead atoms.